The Balaban J connectivity index is 2.22. The van der Waals surface area contributed by atoms with Gasteiger partial charge in [0.2, 0.25) is 0 Å². The molecular weight excluding hydrogens is 276 g/mol. The highest BCUT2D eigenvalue weighted by molar-refractivity contribution is 5.76. The zero-order chi connectivity index (χ0) is 15.9. The number of rotatable bonds is 7. The third-order valence-electron chi connectivity index (χ3n) is 3.49. The second-order valence-electron chi connectivity index (χ2n) is 5.25. The van der Waals surface area contributed by atoms with E-state index in [9.17, 15) is 9.90 Å². The fourth-order valence-electron chi connectivity index (χ4n) is 2.28. The van der Waals surface area contributed by atoms with Crippen molar-refractivity contribution in [3.8, 4) is 5.75 Å². The largest absolute Gasteiger partial charge is 0.490 e. The Morgan fingerprint density at radius 3 is 2.64 bits per heavy atom. The number of hydrogen-bond acceptors (Lipinski definition) is 2. The van der Waals surface area contributed by atoms with E-state index >= 15 is 0 Å². The summed E-state index contributed by atoms with van der Waals surface area (Å²) in [5, 5.41) is 9.55. The molecule has 0 saturated heterocycles. The number of carbonyl (C=O) groups is 1. The van der Waals surface area contributed by atoms with Crippen LogP contribution in [0.5, 0.6) is 5.75 Å². The van der Waals surface area contributed by atoms with E-state index in [0.717, 1.165) is 16.7 Å². The first-order chi connectivity index (χ1) is 10.6. The van der Waals surface area contributed by atoms with Crippen molar-refractivity contribution >= 4 is 5.97 Å². The number of ether oxygens (including phenoxy) is 1. The van der Waals surface area contributed by atoms with Crippen molar-refractivity contribution in [2.45, 2.75) is 19.3 Å². The molecule has 1 unspecified atom stereocenters. The van der Waals surface area contributed by atoms with Crippen LogP contribution in [-0.2, 0) is 11.2 Å². The van der Waals surface area contributed by atoms with Crippen LogP contribution < -0.4 is 4.74 Å². The van der Waals surface area contributed by atoms with Gasteiger partial charge in [-0.1, -0.05) is 54.6 Å². The van der Waals surface area contributed by atoms with Gasteiger partial charge in [-0.25, -0.2) is 0 Å². The van der Waals surface area contributed by atoms with Crippen LogP contribution in [0.2, 0.25) is 0 Å². The molecular formula is C19H20O3. The first-order valence-electron chi connectivity index (χ1n) is 7.22. The zero-order valence-electron chi connectivity index (χ0n) is 12.7. The van der Waals surface area contributed by atoms with Gasteiger partial charge >= 0.3 is 5.97 Å². The van der Waals surface area contributed by atoms with Gasteiger partial charge in [0.1, 0.15) is 12.4 Å². The Morgan fingerprint density at radius 1 is 1.27 bits per heavy atom. The summed E-state index contributed by atoms with van der Waals surface area (Å²) in [7, 11) is 0. The lowest BCUT2D eigenvalue weighted by Gasteiger charge is -2.14. The van der Waals surface area contributed by atoms with Crippen LogP contribution in [0.3, 0.4) is 0 Å². The van der Waals surface area contributed by atoms with Crippen LogP contribution in [0.1, 0.15) is 22.6 Å². The number of benzene rings is 2. The van der Waals surface area contributed by atoms with Crippen molar-refractivity contribution in [2.75, 3.05) is 6.61 Å². The predicted molar refractivity (Wildman–Crippen MR) is 87.4 cm³/mol. The number of hydrogen-bond donors (Lipinski definition) is 1. The molecule has 0 aliphatic rings. The van der Waals surface area contributed by atoms with Crippen molar-refractivity contribution in [3.05, 3.63) is 77.9 Å². The molecule has 3 heteroatoms. The standard InChI is InChI=1S/C19H20O3/c1-3-11-22-17-6-4-5-16(13-17)18(19(20)21)12-15-9-7-14(2)8-10-15/h3-10,13,18H,1,11-12H2,2H3,(H,20,21). The van der Waals surface area contributed by atoms with Gasteiger partial charge in [-0.2, -0.15) is 0 Å². The van der Waals surface area contributed by atoms with Gasteiger partial charge in [0.05, 0.1) is 5.92 Å². The molecule has 0 aromatic heterocycles. The molecule has 114 valence electrons. The maximum absolute atomic E-state index is 11.6. The lowest BCUT2D eigenvalue weighted by molar-refractivity contribution is -0.138. The predicted octanol–water partition coefficient (Wildman–Crippen LogP) is 3.97. The van der Waals surface area contributed by atoms with Gasteiger partial charge in [-0.3, -0.25) is 4.79 Å². The van der Waals surface area contributed by atoms with E-state index in [4.69, 9.17) is 4.74 Å². The van der Waals surface area contributed by atoms with Crippen molar-refractivity contribution in [3.63, 3.8) is 0 Å². The van der Waals surface area contributed by atoms with Gasteiger partial charge in [0.15, 0.2) is 0 Å². The first-order valence-corrected chi connectivity index (χ1v) is 7.22. The summed E-state index contributed by atoms with van der Waals surface area (Å²) >= 11 is 0. The molecule has 0 radical (unpaired) electrons. The normalized spacial score (nSPS) is 11.7. The van der Waals surface area contributed by atoms with Crippen LogP contribution in [-0.4, -0.2) is 17.7 Å². The van der Waals surface area contributed by atoms with E-state index in [1.54, 1.807) is 12.1 Å². The van der Waals surface area contributed by atoms with Crippen LogP contribution >= 0.6 is 0 Å². The van der Waals surface area contributed by atoms with Gasteiger partial charge in [-0.05, 0) is 36.6 Å². The number of aryl methyl sites for hydroxylation is 1. The van der Waals surface area contributed by atoms with Gasteiger partial charge in [0.25, 0.3) is 0 Å². The van der Waals surface area contributed by atoms with Crippen LogP contribution in [0, 0.1) is 6.92 Å². The molecule has 2 rings (SSSR count). The summed E-state index contributed by atoms with van der Waals surface area (Å²) in [4.78, 5) is 11.6. The minimum Gasteiger partial charge on any atom is -0.490 e. The summed E-state index contributed by atoms with van der Waals surface area (Å²) in [6, 6.07) is 15.2. The molecule has 0 aliphatic carbocycles. The second-order valence-corrected chi connectivity index (χ2v) is 5.25. The van der Waals surface area contributed by atoms with E-state index in [1.165, 1.54) is 0 Å². The maximum atomic E-state index is 11.6. The summed E-state index contributed by atoms with van der Waals surface area (Å²) in [5.41, 5.74) is 2.92. The fraction of sp³-hybridized carbons (Fsp3) is 0.211. The highest BCUT2D eigenvalue weighted by Gasteiger charge is 2.20. The topological polar surface area (TPSA) is 46.5 Å². The quantitative estimate of drug-likeness (QED) is 0.786. The molecule has 0 bridgehead atoms. The molecule has 0 aliphatic heterocycles. The van der Waals surface area contributed by atoms with E-state index < -0.39 is 11.9 Å². The van der Waals surface area contributed by atoms with Crippen molar-refractivity contribution in [1.29, 1.82) is 0 Å². The van der Waals surface area contributed by atoms with Crippen LogP contribution in [0.25, 0.3) is 0 Å². The number of carboxylic acids is 1. The molecule has 0 spiro atoms. The van der Waals surface area contributed by atoms with Crippen LogP contribution in [0.4, 0.5) is 0 Å². The van der Waals surface area contributed by atoms with E-state index in [-0.39, 0.29) is 0 Å². The third kappa shape index (κ3) is 4.22. The summed E-state index contributed by atoms with van der Waals surface area (Å²) in [6.07, 6.45) is 2.12. The van der Waals surface area contributed by atoms with Crippen LogP contribution in [0.15, 0.2) is 61.2 Å². The lowest BCUT2D eigenvalue weighted by Crippen LogP contribution is -2.14. The summed E-state index contributed by atoms with van der Waals surface area (Å²) in [6.45, 7) is 6.02. The van der Waals surface area contributed by atoms with E-state index in [0.29, 0.717) is 18.8 Å². The fourth-order valence-corrected chi connectivity index (χ4v) is 2.28. The minimum absolute atomic E-state index is 0.402. The highest BCUT2D eigenvalue weighted by Crippen LogP contribution is 2.25. The summed E-state index contributed by atoms with van der Waals surface area (Å²) < 4.78 is 5.48. The molecule has 2 aromatic rings. The number of carboxylic acid groups (broad SMARTS) is 1. The monoisotopic (exact) mass is 296 g/mol. The van der Waals surface area contributed by atoms with E-state index in [2.05, 4.69) is 6.58 Å². The van der Waals surface area contributed by atoms with Gasteiger partial charge < -0.3 is 9.84 Å². The molecule has 0 heterocycles. The minimum atomic E-state index is -0.832. The average molecular weight is 296 g/mol. The zero-order valence-corrected chi connectivity index (χ0v) is 12.7. The molecule has 0 amide bonds. The molecule has 0 saturated carbocycles. The SMILES string of the molecule is C=CCOc1cccc(C(Cc2ccc(C)cc2)C(=O)O)c1. The number of aliphatic carboxylic acids is 1. The Kier molecular flexibility index (Phi) is 5.37. The van der Waals surface area contributed by atoms with Crippen molar-refractivity contribution in [2.24, 2.45) is 0 Å². The first kappa shape index (κ1) is 15.8. The molecule has 1 N–H and O–H groups in total. The maximum Gasteiger partial charge on any atom is 0.311 e. The van der Waals surface area contributed by atoms with Crippen molar-refractivity contribution < 1.29 is 14.6 Å². The Morgan fingerprint density at radius 2 is 2.00 bits per heavy atom. The van der Waals surface area contributed by atoms with E-state index in [1.807, 2.05) is 49.4 Å². The Labute approximate surface area is 130 Å². The third-order valence-corrected chi connectivity index (χ3v) is 3.49. The molecule has 1 atom stereocenters. The van der Waals surface area contributed by atoms with Gasteiger partial charge in [-0.15, -0.1) is 0 Å². The second kappa shape index (κ2) is 7.46. The molecule has 0 fully saturated rings. The lowest BCUT2D eigenvalue weighted by atomic mass is 9.91. The highest BCUT2D eigenvalue weighted by atomic mass is 16.5. The Hall–Kier alpha value is -2.55. The molecule has 22 heavy (non-hydrogen) atoms. The summed E-state index contributed by atoms with van der Waals surface area (Å²) in [5.74, 6) is -0.760. The average Bonchev–Trinajstić information content (AvgIpc) is 2.52. The van der Waals surface area contributed by atoms with Crippen molar-refractivity contribution in [1.82, 2.24) is 0 Å². The molecule has 2 aromatic carbocycles. The smallest absolute Gasteiger partial charge is 0.311 e. The molecule has 3 nitrogen and oxygen atoms in total. The Bertz CT molecular complexity index is 644. The van der Waals surface area contributed by atoms with Gasteiger partial charge in [0, 0.05) is 0 Å².